The summed E-state index contributed by atoms with van der Waals surface area (Å²) < 4.78 is 9.33. The molecule has 0 bridgehead atoms. The summed E-state index contributed by atoms with van der Waals surface area (Å²) >= 11 is 0. The third-order valence-corrected chi connectivity index (χ3v) is 15.2. The number of ether oxygens (including phenoxy) is 1. The number of benzene rings is 7. The Kier molecular flexibility index (Phi) is 14.2. The zero-order valence-electron chi connectivity index (χ0n) is 46.7. The molecule has 388 valence electrons. The summed E-state index contributed by atoms with van der Waals surface area (Å²) in [5.74, 6) is 2.75. The molecule has 75 heavy (non-hydrogen) atoms. The van der Waals surface area contributed by atoms with Crippen molar-refractivity contribution >= 4 is 44.6 Å². The molecular formula is C69H73N4OPt-3. The Hall–Kier alpha value is -6.42. The van der Waals surface area contributed by atoms with Crippen LogP contribution in [0.2, 0.25) is 0 Å². The van der Waals surface area contributed by atoms with Crippen LogP contribution in [0.3, 0.4) is 0 Å². The summed E-state index contributed by atoms with van der Waals surface area (Å²) in [5, 5.41) is 2.23. The Labute approximate surface area is 462 Å². The third kappa shape index (κ3) is 10.2. The molecule has 0 aliphatic carbocycles. The monoisotopic (exact) mass is 1170 g/mol. The minimum absolute atomic E-state index is 0. The SMILES string of the molecule is CC(C)c1cccc(C(C)C)c1-c1ccc2c(c1)N(c1[c-]c(Oc3[c-]c4c(cc3)c3ccccc3n4-c3cc(C(C)(C)C)ccn3)cc(C(C)(C)c3ccccc3)c1)[CH-]N2c1cc(C(C)(C)C)cc(C(C)(C)C)c1.[Pt]. The van der Waals surface area contributed by atoms with E-state index in [0.29, 0.717) is 23.3 Å². The van der Waals surface area contributed by atoms with Gasteiger partial charge in [0.05, 0.1) is 0 Å². The van der Waals surface area contributed by atoms with Crippen molar-refractivity contribution in [3.63, 3.8) is 0 Å². The molecule has 6 heteroatoms. The zero-order valence-corrected chi connectivity index (χ0v) is 49.0. The van der Waals surface area contributed by atoms with Gasteiger partial charge in [0.2, 0.25) is 0 Å². The third-order valence-electron chi connectivity index (χ3n) is 15.2. The maximum Gasteiger partial charge on any atom is 0.135 e. The molecule has 7 aromatic carbocycles. The molecule has 0 atom stereocenters. The molecule has 9 aromatic rings. The molecule has 0 saturated carbocycles. The minimum Gasteiger partial charge on any atom is -0.509 e. The second kappa shape index (κ2) is 19.9. The first-order chi connectivity index (χ1) is 35.0. The average Bonchev–Trinajstić information content (AvgIpc) is 3.93. The normalized spacial score (nSPS) is 13.3. The van der Waals surface area contributed by atoms with Gasteiger partial charge in [0.25, 0.3) is 0 Å². The smallest absolute Gasteiger partial charge is 0.135 e. The molecule has 0 amide bonds. The predicted molar refractivity (Wildman–Crippen MR) is 313 cm³/mol. The Bertz CT molecular complexity index is 3500. The van der Waals surface area contributed by atoms with Crippen molar-refractivity contribution in [2.75, 3.05) is 9.80 Å². The van der Waals surface area contributed by atoms with Gasteiger partial charge in [-0.2, -0.15) is 6.07 Å². The van der Waals surface area contributed by atoms with Crippen molar-refractivity contribution in [1.82, 2.24) is 9.55 Å². The summed E-state index contributed by atoms with van der Waals surface area (Å²) in [6.45, 7) is 36.7. The van der Waals surface area contributed by atoms with Crippen LogP contribution in [0.1, 0.15) is 155 Å². The van der Waals surface area contributed by atoms with Gasteiger partial charge in [-0.3, -0.25) is 0 Å². The standard InChI is InChI=1S/C69H73N4O.Pt/c1-44(2)56-25-21-26-57(45(3)4)65(56)46-28-31-61-63(34-46)72(43-71(61)52-36-49(67(8,9)10)35-50(37-52)68(11,12)13)53-38-51(69(14,15)47-22-17-16-18-23-47)39-55(41-53)74-54-29-30-59-58-24-19-20-27-60(58)73(62(59)42-54)64-40-48(32-33-70-64)66(5,6)7;/h16-40,43-45H,1-15H3;/q-3;. The van der Waals surface area contributed by atoms with Crippen molar-refractivity contribution in [3.05, 3.63) is 210 Å². The molecule has 10 rings (SSSR count). The van der Waals surface area contributed by atoms with Crippen LogP contribution in [-0.4, -0.2) is 9.55 Å². The second-order valence-electron chi connectivity index (χ2n) is 24.8. The van der Waals surface area contributed by atoms with E-state index < -0.39 is 5.41 Å². The van der Waals surface area contributed by atoms with Crippen LogP contribution in [0.4, 0.5) is 22.7 Å². The first-order valence-electron chi connectivity index (χ1n) is 26.6. The van der Waals surface area contributed by atoms with Gasteiger partial charge in [0, 0.05) is 61.3 Å². The van der Waals surface area contributed by atoms with E-state index in [0.717, 1.165) is 55.9 Å². The summed E-state index contributed by atoms with van der Waals surface area (Å²) in [5.41, 5.74) is 17.0. The van der Waals surface area contributed by atoms with Gasteiger partial charge in [0.15, 0.2) is 0 Å². The molecule has 0 saturated heterocycles. The van der Waals surface area contributed by atoms with E-state index in [2.05, 4.69) is 277 Å². The zero-order chi connectivity index (χ0) is 52.6. The van der Waals surface area contributed by atoms with Crippen LogP contribution in [0, 0.1) is 18.8 Å². The first-order valence-corrected chi connectivity index (χ1v) is 26.6. The van der Waals surface area contributed by atoms with Gasteiger partial charge in [-0.25, -0.2) is 4.98 Å². The van der Waals surface area contributed by atoms with Gasteiger partial charge in [0.1, 0.15) is 5.82 Å². The summed E-state index contributed by atoms with van der Waals surface area (Å²) in [4.78, 5) is 9.67. The van der Waals surface area contributed by atoms with Gasteiger partial charge >= 0.3 is 0 Å². The van der Waals surface area contributed by atoms with Crippen LogP contribution in [0.25, 0.3) is 38.8 Å². The molecule has 0 spiro atoms. The van der Waals surface area contributed by atoms with E-state index in [4.69, 9.17) is 9.72 Å². The molecule has 2 aromatic heterocycles. The number of hydrogen-bond donors (Lipinski definition) is 0. The maximum atomic E-state index is 7.11. The van der Waals surface area contributed by atoms with E-state index in [1.54, 1.807) is 0 Å². The van der Waals surface area contributed by atoms with Gasteiger partial charge < -0.3 is 19.1 Å². The fourth-order valence-electron chi connectivity index (χ4n) is 10.6. The number of pyridine rings is 1. The van der Waals surface area contributed by atoms with Crippen LogP contribution in [0.15, 0.2) is 152 Å². The van der Waals surface area contributed by atoms with E-state index in [-0.39, 0.29) is 37.3 Å². The average molecular weight is 1170 g/mol. The predicted octanol–water partition coefficient (Wildman–Crippen LogP) is 19.1. The number of fused-ring (bicyclic) bond motifs is 4. The molecule has 5 nitrogen and oxygen atoms in total. The number of anilines is 4. The number of para-hydroxylation sites is 1. The topological polar surface area (TPSA) is 33.5 Å². The van der Waals surface area contributed by atoms with Gasteiger partial charge in [-0.05, 0) is 126 Å². The number of nitrogens with zero attached hydrogens (tertiary/aromatic N) is 4. The van der Waals surface area contributed by atoms with Gasteiger partial charge in [-0.1, -0.05) is 188 Å². The van der Waals surface area contributed by atoms with Crippen LogP contribution in [0.5, 0.6) is 11.5 Å². The molecule has 0 radical (unpaired) electrons. The minimum atomic E-state index is -0.401. The van der Waals surface area contributed by atoms with Crippen LogP contribution >= 0.6 is 0 Å². The van der Waals surface area contributed by atoms with E-state index in [1.807, 2.05) is 12.3 Å². The van der Waals surface area contributed by atoms with Crippen molar-refractivity contribution in [3.8, 4) is 28.4 Å². The fourth-order valence-corrected chi connectivity index (χ4v) is 10.6. The molecule has 1 aliphatic rings. The fraction of sp³-hybridized carbons (Fsp3) is 0.304. The largest absolute Gasteiger partial charge is 0.509 e. The van der Waals surface area contributed by atoms with Crippen molar-refractivity contribution in [2.24, 2.45) is 0 Å². The summed E-state index contributed by atoms with van der Waals surface area (Å²) in [6.07, 6.45) is 1.92. The molecule has 0 unspecified atom stereocenters. The van der Waals surface area contributed by atoms with E-state index in [9.17, 15) is 0 Å². The Morgan fingerprint density at radius 2 is 1.15 bits per heavy atom. The quantitative estimate of drug-likeness (QED) is 0.128. The number of rotatable bonds is 10. The van der Waals surface area contributed by atoms with Gasteiger partial charge in [-0.15, -0.1) is 53.6 Å². The van der Waals surface area contributed by atoms with Crippen LogP contribution in [-0.2, 0) is 42.7 Å². The van der Waals surface area contributed by atoms with Crippen molar-refractivity contribution < 1.29 is 25.8 Å². The Morgan fingerprint density at radius 3 is 1.79 bits per heavy atom. The summed E-state index contributed by atoms with van der Waals surface area (Å²) in [7, 11) is 0. The number of hydrogen-bond acceptors (Lipinski definition) is 4. The van der Waals surface area contributed by atoms with E-state index in [1.165, 1.54) is 44.5 Å². The second-order valence-corrected chi connectivity index (χ2v) is 24.8. The first kappa shape index (κ1) is 53.4. The summed E-state index contributed by atoms with van der Waals surface area (Å²) in [6, 6.07) is 61.0. The van der Waals surface area contributed by atoms with E-state index >= 15 is 0 Å². The Morgan fingerprint density at radius 1 is 0.507 bits per heavy atom. The molecular weight excluding hydrogens is 1100 g/mol. The van der Waals surface area contributed by atoms with Crippen LogP contribution < -0.4 is 14.5 Å². The van der Waals surface area contributed by atoms with Crippen molar-refractivity contribution in [1.29, 1.82) is 0 Å². The molecule has 3 heterocycles. The Balaban J connectivity index is 0.00000689. The molecule has 0 N–H and O–H groups in total. The molecule has 0 fully saturated rings. The number of aromatic nitrogens is 2. The van der Waals surface area contributed by atoms with Crippen molar-refractivity contribution in [2.45, 2.75) is 137 Å². The molecule has 1 aliphatic heterocycles. The maximum absolute atomic E-state index is 7.11.